The minimum absolute atomic E-state index is 0.116. The average molecular weight is 302 g/mol. The molecule has 1 aliphatic carbocycles. The third kappa shape index (κ3) is 2.68. The van der Waals surface area contributed by atoms with Crippen molar-refractivity contribution in [3.63, 3.8) is 0 Å². The summed E-state index contributed by atoms with van der Waals surface area (Å²) in [5.41, 5.74) is 1.99. The normalized spacial score (nSPS) is 15.8. The number of rotatable bonds is 4. The highest BCUT2D eigenvalue weighted by atomic mass is 19.1. The smallest absolute Gasteiger partial charge is 0.254 e. The van der Waals surface area contributed by atoms with Crippen molar-refractivity contribution < 1.29 is 14.3 Å². The summed E-state index contributed by atoms with van der Waals surface area (Å²) in [7, 11) is 1.64. The fourth-order valence-corrected chi connectivity index (χ4v) is 2.50. The van der Waals surface area contributed by atoms with Crippen LogP contribution in [0.4, 0.5) is 4.39 Å². The third-order valence-corrected chi connectivity index (χ3v) is 4.26. The molecule has 1 aromatic heterocycles. The Kier molecular flexibility index (Phi) is 3.83. The Labute approximate surface area is 128 Å². The van der Waals surface area contributed by atoms with Gasteiger partial charge in [0, 0.05) is 24.0 Å². The fourth-order valence-electron chi connectivity index (χ4n) is 2.50. The summed E-state index contributed by atoms with van der Waals surface area (Å²) in [5.74, 6) is -0.205. The summed E-state index contributed by atoms with van der Waals surface area (Å²) in [4.78, 5) is 18.8. The lowest BCUT2D eigenvalue weighted by Gasteiger charge is -2.24. The van der Waals surface area contributed by atoms with E-state index in [-0.39, 0.29) is 24.4 Å². The van der Waals surface area contributed by atoms with Gasteiger partial charge in [-0.15, -0.1) is 0 Å². The number of carbonyl (C=O) groups excluding carboxylic acids is 1. The topological polar surface area (TPSA) is 53.4 Å². The number of carbonyl (C=O) groups is 1. The van der Waals surface area contributed by atoms with Crippen LogP contribution in [0.2, 0.25) is 0 Å². The Morgan fingerprint density at radius 3 is 2.82 bits per heavy atom. The van der Waals surface area contributed by atoms with Crippen LogP contribution in [-0.4, -0.2) is 40.6 Å². The summed E-state index contributed by atoms with van der Waals surface area (Å²) in [6, 6.07) is 5.81. The summed E-state index contributed by atoms with van der Waals surface area (Å²) in [6.45, 7) is 1.65. The number of hydrogen-bond donors (Lipinski definition) is 1. The van der Waals surface area contributed by atoms with Gasteiger partial charge in [0.15, 0.2) is 0 Å². The van der Waals surface area contributed by atoms with Gasteiger partial charge in [0.2, 0.25) is 0 Å². The maximum Gasteiger partial charge on any atom is 0.254 e. The largest absolute Gasteiger partial charge is 0.394 e. The van der Waals surface area contributed by atoms with Gasteiger partial charge < -0.3 is 10.0 Å². The Balaban J connectivity index is 2.13. The lowest BCUT2D eigenvalue weighted by Crippen LogP contribution is -2.37. The van der Waals surface area contributed by atoms with Crippen LogP contribution < -0.4 is 0 Å². The van der Waals surface area contributed by atoms with E-state index in [4.69, 9.17) is 0 Å². The van der Waals surface area contributed by atoms with Crippen molar-refractivity contribution in [1.82, 2.24) is 9.88 Å². The van der Waals surface area contributed by atoms with Crippen molar-refractivity contribution in [1.29, 1.82) is 0 Å². The van der Waals surface area contributed by atoms with Crippen LogP contribution in [0.1, 0.15) is 41.7 Å². The summed E-state index contributed by atoms with van der Waals surface area (Å²) < 4.78 is 13.6. The van der Waals surface area contributed by atoms with Crippen molar-refractivity contribution in [2.24, 2.45) is 0 Å². The van der Waals surface area contributed by atoms with E-state index >= 15 is 0 Å². The first kappa shape index (κ1) is 14.9. The Bertz CT molecular complexity index is 728. The molecule has 0 saturated heterocycles. The molecule has 1 saturated carbocycles. The van der Waals surface area contributed by atoms with Gasteiger partial charge >= 0.3 is 0 Å². The molecular formula is C17H19FN2O2. The molecule has 116 valence electrons. The second-order valence-corrected chi connectivity index (χ2v) is 5.98. The molecule has 1 amide bonds. The molecule has 2 aromatic rings. The van der Waals surface area contributed by atoms with E-state index in [0.29, 0.717) is 22.4 Å². The number of benzene rings is 1. The molecule has 0 aliphatic heterocycles. The SMILES string of the molecule is CC(CO)N(C)C(=O)c1cc(C2CC2)nc2ccc(F)cc12. The van der Waals surface area contributed by atoms with Gasteiger partial charge in [-0.2, -0.15) is 0 Å². The number of halogens is 1. The molecule has 1 atom stereocenters. The standard InChI is InChI=1S/C17H19FN2O2/c1-10(9-21)20(2)17(22)14-8-16(11-3-4-11)19-15-6-5-12(18)7-13(14)15/h5-8,10-11,21H,3-4,9H2,1-2H3. The maximum atomic E-state index is 13.6. The molecule has 1 aliphatic rings. The van der Waals surface area contributed by atoms with Gasteiger partial charge in [-0.3, -0.25) is 9.78 Å². The molecule has 1 aromatic carbocycles. The minimum atomic E-state index is -0.389. The Morgan fingerprint density at radius 2 is 2.18 bits per heavy atom. The molecule has 1 N–H and O–H groups in total. The first-order valence-electron chi connectivity index (χ1n) is 7.49. The summed E-state index contributed by atoms with van der Waals surface area (Å²) >= 11 is 0. The Hall–Kier alpha value is -2.01. The number of fused-ring (bicyclic) bond motifs is 1. The fraction of sp³-hybridized carbons (Fsp3) is 0.412. The van der Waals surface area contributed by atoms with Gasteiger partial charge in [0.25, 0.3) is 5.91 Å². The highest BCUT2D eigenvalue weighted by Crippen LogP contribution is 2.40. The van der Waals surface area contributed by atoms with Crippen LogP contribution in [0.15, 0.2) is 24.3 Å². The van der Waals surface area contributed by atoms with Gasteiger partial charge in [-0.25, -0.2) is 4.39 Å². The molecule has 0 bridgehead atoms. The highest BCUT2D eigenvalue weighted by molar-refractivity contribution is 6.06. The molecule has 5 heteroatoms. The number of aliphatic hydroxyl groups is 1. The molecule has 0 radical (unpaired) electrons. The molecule has 0 spiro atoms. The molecule has 22 heavy (non-hydrogen) atoms. The Morgan fingerprint density at radius 1 is 1.45 bits per heavy atom. The molecule has 1 fully saturated rings. The molecule has 1 unspecified atom stereocenters. The highest BCUT2D eigenvalue weighted by Gasteiger charge is 2.28. The van der Waals surface area contributed by atoms with Crippen molar-refractivity contribution in [2.75, 3.05) is 13.7 Å². The van der Waals surface area contributed by atoms with Crippen molar-refractivity contribution >= 4 is 16.8 Å². The van der Waals surface area contributed by atoms with Crippen LogP contribution in [0.3, 0.4) is 0 Å². The van der Waals surface area contributed by atoms with E-state index in [1.807, 2.05) is 0 Å². The number of nitrogens with zero attached hydrogens (tertiary/aromatic N) is 2. The number of pyridine rings is 1. The predicted molar refractivity (Wildman–Crippen MR) is 82.3 cm³/mol. The zero-order chi connectivity index (χ0) is 15.9. The zero-order valence-corrected chi connectivity index (χ0v) is 12.7. The quantitative estimate of drug-likeness (QED) is 0.945. The minimum Gasteiger partial charge on any atom is -0.394 e. The maximum absolute atomic E-state index is 13.6. The number of hydrogen-bond acceptors (Lipinski definition) is 3. The number of aromatic nitrogens is 1. The monoisotopic (exact) mass is 302 g/mol. The van der Waals surface area contributed by atoms with E-state index in [0.717, 1.165) is 18.5 Å². The van der Waals surface area contributed by atoms with Crippen LogP contribution in [-0.2, 0) is 0 Å². The summed E-state index contributed by atoms with van der Waals surface area (Å²) in [6.07, 6.45) is 2.16. The second kappa shape index (κ2) is 5.65. The van der Waals surface area contributed by atoms with Crippen LogP contribution in [0, 0.1) is 5.82 Å². The van der Waals surface area contributed by atoms with Crippen LogP contribution in [0.25, 0.3) is 10.9 Å². The van der Waals surface area contributed by atoms with E-state index in [9.17, 15) is 14.3 Å². The first-order valence-corrected chi connectivity index (χ1v) is 7.49. The summed E-state index contributed by atoms with van der Waals surface area (Å²) in [5, 5.41) is 9.76. The average Bonchev–Trinajstić information content (AvgIpc) is 3.36. The van der Waals surface area contributed by atoms with E-state index in [2.05, 4.69) is 4.98 Å². The lowest BCUT2D eigenvalue weighted by molar-refractivity contribution is 0.0684. The van der Waals surface area contributed by atoms with Crippen LogP contribution >= 0.6 is 0 Å². The van der Waals surface area contributed by atoms with E-state index < -0.39 is 0 Å². The number of amides is 1. The predicted octanol–water partition coefficient (Wildman–Crippen LogP) is 2.70. The molecule has 4 nitrogen and oxygen atoms in total. The third-order valence-electron chi connectivity index (χ3n) is 4.26. The first-order chi connectivity index (χ1) is 10.5. The van der Waals surface area contributed by atoms with E-state index in [1.165, 1.54) is 17.0 Å². The van der Waals surface area contributed by atoms with Crippen molar-refractivity contribution in [2.45, 2.75) is 31.7 Å². The molecule has 1 heterocycles. The van der Waals surface area contributed by atoms with Crippen LogP contribution in [0.5, 0.6) is 0 Å². The van der Waals surface area contributed by atoms with Gasteiger partial charge in [-0.05, 0) is 44.0 Å². The van der Waals surface area contributed by atoms with Gasteiger partial charge in [-0.1, -0.05) is 0 Å². The van der Waals surface area contributed by atoms with Crippen molar-refractivity contribution in [3.8, 4) is 0 Å². The molecular weight excluding hydrogens is 283 g/mol. The van der Waals surface area contributed by atoms with Gasteiger partial charge in [0.1, 0.15) is 5.82 Å². The second-order valence-electron chi connectivity index (χ2n) is 5.98. The molecule has 3 rings (SSSR count). The zero-order valence-electron chi connectivity index (χ0n) is 12.7. The number of likely N-dealkylation sites (N-methyl/N-ethyl adjacent to an activating group) is 1. The van der Waals surface area contributed by atoms with Gasteiger partial charge in [0.05, 0.1) is 23.7 Å². The number of aliphatic hydroxyl groups excluding tert-OH is 1. The lowest BCUT2D eigenvalue weighted by atomic mass is 10.0. The van der Waals surface area contributed by atoms with Crippen molar-refractivity contribution in [3.05, 3.63) is 41.3 Å². The van der Waals surface area contributed by atoms with E-state index in [1.54, 1.807) is 26.1 Å².